The maximum Gasteiger partial charge on any atom is 1.00 e. The SMILES string of the molecule is O=S(O)OS(=O)OS(=O)O.[H-].[H-].[H-].[H-].[K+].[K+].[Na+].[Na+]. The average Bonchev–Trinajstić information content (AvgIpc) is 1.58. The van der Waals surface area contributed by atoms with E-state index in [4.69, 9.17) is 9.11 Å². The van der Waals surface area contributed by atoms with Crippen molar-refractivity contribution in [2.75, 3.05) is 0 Å². The van der Waals surface area contributed by atoms with Gasteiger partial charge >= 0.3 is 196 Å². The van der Waals surface area contributed by atoms with Crippen LogP contribution in [0.2, 0.25) is 0 Å². The molecule has 2 N–H and O–H groups in total. The van der Waals surface area contributed by atoms with Gasteiger partial charge in [0.05, 0.1) is 0 Å². The molecule has 2 atom stereocenters. The molecule has 70 valence electrons. The molecule has 0 saturated heterocycles. The van der Waals surface area contributed by atoms with Crippen LogP contribution in [0.15, 0.2) is 0 Å². The van der Waals surface area contributed by atoms with Gasteiger partial charge in [-0.1, -0.05) is 0 Å². The minimum Gasteiger partial charge on any atom is -1.00 e. The van der Waals surface area contributed by atoms with Crippen LogP contribution in [0.3, 0.4) is 0 Å². The summed E-state index contributed by atoms with van der Waals surface area (Å²) in [7, 11) is 0. The first-order valence-corrected chi connectivity index (χ1v) is 4.60. The third kappa shape index (κ3) is 26.2. The third-order valence-corrected chi connectivity index (χ3v) is 2.05. The van der Waals surface area contributed by atoms with Crippen LogP contribution < -0.4 is 162 Å². The van der Waals surface area contributed by atoms with Crippen LogP contribution >= 0.6 is 0 Å². The Morgan fingerprint density at radius 1 is 0.857 bits per heavy atom. The van der Waals surface area contributed by atoms with Crippen LogP contribution in [0.25, 0.3) is 0 Å². The molecular weight excluding hydrogens is 332 g/mol. The van der Waals surface area contributed by atoms with E-state index in [0.717, 1.165) is 0 Å². The zero-order chi connectivity index (χ0) is 8.15. The molecule has 0 aliphatic rings. The van der Waals surface area contributed by atoms with Gasteiger partial charge in [-0.25, -0.2) is 0 Å². The van der Waals surface area contributed by atoms with Crippen LogP contribution in [-0.2, 0) is 41.3 Å². The molecule has 14 heteroatoms. The minimum atomic E-state index is -2.78. The number of hydrogen-bond acceptors (Lipinski definition) is 5. The minimum absolute atomic E-state index is 0. The topological polar surface area (TPSA) is 110 Å². The van der Waals surface area contributed by atoms with Gasteiger partial charge < -0.3 is 5.71 Å². The molecule has 0 rings (SSSR count). The van der Waals surface area contributed by atoms with Crippen molar-refractivity contribution in [3.63, 3.8) is 0 Å². The van der Waals surface area contributed by atoms with Crippen molar-refractivity contribution >= 4 is 34.1 Å². The van der Waals surface area contributed by atoms with Crippen molar-refractivity contribution in [3.05, 3.63) is 0 Å². The predicted molar refractivity (Wildman–Crippen MR) is 36.3 cm³/mol. The van der Waals surface area contributed by atoms with Crippen molar-refractivity contribution in [1.29, 1.82) is 0 Å². The third-order valence-electron chi connectivity index (χ3n) is 0.228. The van der Waals surface area contributed by atoms with Crippen molar-refractivity contribution in [2.45, 2.75) is 0 Å². The van der Waals surface area contributed by atoms with Crippen molar-refractivity contribution < 1.29 is 197 Å². The second-order valence-electron chi connectivity index (χ2n) is 0.774. The van der Waals surface area contributed by atoms with Gasteiger partial charge in [-0.2, -0.15) is 12.6 Å². The van der Waals surface area contributed by atoms with Crippen LogP contribution in [0, 0.1) is 0 Å². The van der Waals surface area contributed by atoms with E-state index in [0.29, 0.717) is 0 Å². The maximum atomic E-state index is 10.0. The van der Waals surface area contributed by atoms with Gasteiger partial charge in [-0.05, 0) is 0 Å². The normalized spacial score (nSPS) is 14.1. The van der Waals surface area contributed by atoms with E-state index in [2.05, 4.69) is 7.26 Å². The van der Waals surface area contributed by atoms with Crippen LogP contribution in [-0.4, -0.2) is 21.7 Å². The smallest absolute Gasteiger partial charge is 1.00 e. The molecule has 0 bridgehead atoms. The molecule has 0 aliphatic heterocycles. The van der Waals surface area contributed by atoms with Gasteiger partial charge in [-0.3, -0.25) is 9.11 Å². The summed E-state index contributed by atoms with van der Waals surface area (Å²) in [5, 5.41) is 0. The molecule has 0 aromatic rings. The van der Waals surface area contributed by atoms with Crippen molar-refractivity contribution in [2.24, 2.45) is 0 Å². The molecular formula is H6K2Na2O7S3. The molecule has 0 heterocycles. The summed E-state index contributed by atoms with van der Waals surface area (Å²) in [6.07, 6.45) is 0. The average molecular weight is 338 g/mol. The fourth-order valence-corrected chi connectivity index (χ4v) is 1.16. The van der Waals surface area contributed by atoms with E-state index in [1.807, 2.05) is 0 Å². The Bertz CT molecular complexity index is 182. The molecule has 0 fully saturated rings. The van der Waals surface area contributed by atoms with E-state index >= 15 is 0 Å². The van der Waals surface area contributed by atoms with Gasteiger partial charge in [-0.15, -0.1) is 7.26 Å². The van der Waals surface area contributed by atoms with Gasteiger partial charge in [0.15, 0.2) is 0 Å². The second-order valence-corrected chi connectivity index (χ2v) is 3.14. The Morgan fingerprint density at radius 2 is 1.07 bits per heavy atom. The van der Waals surface area contributed by atoms with E-state index in [-0.39, 0.29) is 168 Å². The van der Waals surface area contributed by atoms with Crippen molar-refractivity contribution in [1.82, 2.24) is 0 Å². The maximum absolute atomic E-state index is 10.0. The van der Waals surface area contributed by atoms with E-state index < -0.39 is 34.1 Å². The summed E-state index contributed by atoms with van der Waals surface area (Å²) >= 11 is -8.25. The first-order chi connectivity index (χ1) is 4.52. The van der Waals surface area contributed by atoms with E-state index in [1.54, 1.807) is 0 Å². The predicted octanol–water partition coefficient (Wildman–Crippen LogP) is -12.7. The summed E-state index contributed by atoms with van der Waals surface area (Å²) in [6.45, 7) is 0. The van der Waals surface area contributed by atoms with Crippen LogP contribution in [0.5, 0.6) is 0 Å². The zero-order valence-corrected chi connectivity index (χ0v) is 20.9. The first kappa shape index (κ1) is 31.8. The molecule has 0 aromatic carbocycles. The number of hydrogen-bond donors (Lipinski definition) is 2. The molecule has 0 spiro atoms. The molecule has 0 aromatic heterocycles. The number of rotatable bonds is 4. The summed E-state index contributed by atoms with van der Waals surface area (Å²) in [5.41, 5.74) is 0. The fraction of sp³-hybridized carbons (Fsp3) is 0. The van der Waals surface area contributed by atoms with Gasteiger partial charge in [0.2, 0.25) is 0 Å². The monoisotopic (exact) mass is 338 g/mol. The first-order valence-electron chi connectivity index (χ1n) is 1.53. The van der Waals surface area contributed by atoms with E-state index in [9.17, 15) is 12.6 Å². The Morgan fingerprint density at radius 3 is 1.21 bits per heavy atom. The molecule has 7 nitrogen and oxygen atoms in total. The molecule has 14 heavy (non-hydrogen) atoms. The van der Waals surface area contributed by atoms with Crippen molar-refractivity contribution in [3.8, 4) is 0 Å². The van der Waals surface area contributed by atoms with Crippen LogP contribution in [0.1, 0.15) is 5.71 Å². The van der Waals surface area contributed by atoms with Gasteiger partial charge in [0.1, 0.15) is 0 Å². The largest absolute Gasteiger partial charge is 1.00 e. The Labute approximate surface area is 224 Å². The summed E-state index contributed by atoms with van der Waals surface area (Å²) < 4.78 is 51.9. The van der Waals surface area contributed by atoms with Crippen LogP contribution in [0.4, 0.5) is 0 Å². The summed E-state index contributed by atoms with van der Waals surface area (Å²) in [6, 6.07) is 0. The van der Waals surface area contributed by atoms with E-state index in [1.165, 1.54) is 0 Å². The Kier molecular flexibility index (Phi) is 47.4. The Balaban J connectivity index is -0.0000000145. The molecule has 0 radical (unpaired) electrons. The standard InChI is InChI=1S/2K.2Na.H2O7S3.4H/c;;;;1-8(2)6-10(5)7-9(3)4;;;;/h;;;;(H,1,2)(H,3,4);;;;/q4*+1;;4*-1. The Hall–Kier alpha value is 5.56. The summed E-state index contributed by atoms with van der Waals surface area (Å²) in [5.74, 6) is 0. The molecule has 0 aliphatic carbocycles. The van der Waals surface area contributed by atoms with Gasteiger partial charge in [0.25, 0.3) is 0 Å². The molecule has 0 saturated carbocycles. The molecule has 0 amide bonds. The molecule has 2 unspecified atom stereocenters. The quantitative estimate of drug-likeness (QED) is 0.387. The zero-order valence-electron chi connectivity index (χ0n) is 12.2. The van der Waals surface area contributed by atoms with Gasteiger partial charge in [0, 0.05) is 0 Å². The fourth-order valence-electron chi connectivity index (χ4n) is 0.106. The second kappa shape index (κ2) is 20.9. The summed E-state index contributed by atoms with van der Waals surface area (Å²) in [4.78, 5) is 0.